The third-order valence-electron chi connectivity index (χ3n) is 1.33. The van der Waals surface area contributed by atoms with Crippen LogP contribution in [0.15, 0.2) is 12.7 Å². The van der Waals surface area contributed by atoms with Gasteiger partial charge < -0.3 is 14.6 Å². The highest BCUT2D eigenvalue weighted by Gasteiger charge is 2.11. The third-order valence-corrected chi connectivity index (χ3v) is 1.33. The number of hydrogen-bond donors (Lipinski definition) is 1. The van der Waals surface area contributed by atoms with Crippen molar-refractivity contribution in [2.45, 2.75) is 19.4 Å². The van der Waals surface area contributed by atoms with Gasteiger partial charge in [-0.15, -0.1) is 6.58 Å². The molecule has 0 aliphatic carbocycles. The largest absolute Gasteiger partial charge is 0.457 e. The maximum absolute atomic E-state index is 10.8. The molecule has 13 heavy (non-hydrogen) atoms. The van der Waals surface area contributed by atoms with Gasteiger partial charge in [-0.1, -0.05) is 13.0 Å². The van der Waals surface area contributed by atoms with Gasteiger partial charge in [-0.2, -0.15) is 0 Å². The molecule has 0 fully saturated rings. The Kier molecular flexibility index (Phi) is 7.24. The molecule has 1 N–H and O–H groups in total. The summed E-state index contributed by atoms with van der Waals surface area (Å²) < 4.78 is 9.87. The van der Waals surface area contributed by atoms with E-state index in [4.69, 9.17) is 14.6 Å². The van der Waals surface area contributed by atoms with Crippen LogP contribution in [0.4, 0.5) is 0 Å². The maximum atomic E-state index is 10.8. The summed E-state index contributed by atoms with van der Waals surface area (Å²) in [6, 6.07) is 0. The Labute approximate surface area is 78.2 Å². The summed E-state index contributed by atoms with van der Waals surface area (Å²) >= 11 is 0. The highest BCUT2D eigenvalue weighted by Crippen LogP contribution is 1.95. The minimum absolute atomic E-state index is 0.203. The van der Waals surface area contributed by atoms with Gasteiger partial charge in [-0.3, -0.25) is 4.79 Å². The highest BCUT2D eigenvalue weighted by atomic mass is 16.6. The van der Waals surface area contributed by atoms with Crippen molar-refractivity contribution in [3.63, 3.8) is 0 Å². The van der Waals surface area contributed by atoms with Gasteiger partial charge >= 0.3 is 5.97 Å². The van der Waals surface area contributed by atoms with Crippen molar-refractivity contribution in [1.82, 2.24) is 0 Å². The molecule has 0 bridgehead atoms. The van der Waals surface area contributed by atoms with Crippen molar-refractivity contribution in [3.05, 3.63) is 12.7 Å². The molecule has 76 valence electrons. The molecule has 1 atom stereocenters. The lowest BCUT2D eigenvalue weighted by Crippen LogP contribution is -2.26. The number of carbonyl (C=O) groups excluding carboxylic acids is 1. The molecular formula is C9H16O4. The number of esters is 1. The predicted molar refractivity (Wildman–Crippen MR) is 48.3 cm³/mol. The van der Waals surface area contributed by atoms with Crippen LogP contribution < -0.4 is 0 Å². The van der Waals surface area contributed by atoms with Gasteiger partial charge in [0.1, 0.15) is 6.10 Å². The van der Waals surface area contributed by atoms with Crippen LogP contribution in [0.2, 0.25) is 0 Å². The minimum atomic E-state index is -0.563. The molecule has 4 nitrogen and oxygen atoms in total. The zero-order chi connectivity index (χ0) is 10.1. The topological polar surface area (TPSA) is 55.8 Å². The monoisotopic (exact) mass is 188 g/mol. The molecule has 0 saturated heterocycles. The Bertz CT molecular complexity index is 156. The summed E-state index contributed by atoms with van der Waals surface area (Å²) in [6.45, 7) is 5.53. The first kappa shape index (κ1) is 12.1. The molecule has 0 unspecified atom stereocenters. The summed E-state index contributed by atoms with van der Waals surface area (Å²) in [6.07, 6.45) is 1.33. The standard InChI is InChI=1S/C9H16O4/c1-3-5-12-7-8(6-10)13-9(11)4-2/h3,8,10H,1,4-7H2,2H3/t8-/m0/s1. The van der Waals surface area contributed by atoms with Crippen LogP contribution in [0.3, 0.4) is 0 Å². The van der Waals surface area contributed by atoms with Gasteiger partial charge in [0.15, 0.2) is 0 Å². The van der Waals surface area contributed by atoms with E-state index >= 15 is 0 Å². The molecule has 0 saturated carbocycles. The maximum Gasteiger partial charge on any atom is 0.305 e. The zero-order valence-corrected chi connectivity index (χ0v) is 7.86. The lowest BCUT2D eigenvalue weighted by atomic mass is 10.4. The highest BCUT2D eigenvalue weighted by molar-refractivity contribution is 5.69. The smallest absolute Gasteiger partial charge is 0.305 e. The Balaban J connectivity index is 3.62. The zero-order valence-electron chi connectivity index (χ0n) is 7.86. The third kappa shape index (κ3) is 6.31. The summed E-state index contributed by atoms with van der Waals surface area (Å²) in [4.78, 5) is 10.8. The second-order valence-corrected chi connectivity index (χ2v) is 2.47. The molecule has 0 spiro atoms. The Morgan fingerprint density at radius 2 is 2.38 bits per heavy atom. The number of ether oxygens (including phenoxy) is 2. The Hall–Kier alpha value is -0.870. The second-order valence-electron chi connectivity index (χ2n) is 2.47. The first-order valence-corrected chi connectivity index (χ1v) is 4.23. The van der Waals surface area contributed by atoms with Crippen molar-refractivity contribution < 1.29 is 19.4 Å². The van der Waals surface area contributed by atoms with Crippen LogP contribution in [0.5, 0.6) is 0 Å². The number of aliphatic hydroxyl groups excluding tert-OH is 1. The molecule has 0 aromatic carbocycles. The van der Waals surface area contributed by atoms with Crippen LogP contribution in [0.1, 0.15) is 13.3 Å². The van der Waals surface area contributed by atoms with E-state index in [2.05, 4.69) is 6.58 Å². The van der Waals surface area contributed by atoms with Crippen LogP contribution in [0, 0.1) is 0 Å². The van der Waals surface area contributed by atoms with E-state index in [0.717, 1.165) is 0 Å². The van der Waals surface area contributed by atoms with E-state index in [1.165, 1.54) is 0 Å². The van der Waals surface area contributed by atoms with Gasteiger partial charge in [0.2, 0.25) is 0 Å². The number of carbonyl (C=O) groups is 1. The van der Waals surface area contributed by atoms with E-state index in [1.807, 2.05) is 0 Å². The van der Waals surface area contributed by atoms with Gasteiger partial charge in [0.05, 0.1) is 19.8 Å². The lowest BCUT2D eigenvalue weighted by molar-refractivity contribution is -0.154. The second kappa shape index (κ2) is 7.76. The van der Waals surface area contributed by atoms with Crippen LogP contribution in [-0.2, 0) is 14.3 Å². The average Bonchev–Trinajstić information content (AvgIpc) is 2.16. The summed E-state index contributed by atoms with van der Waals surface area (Å²) in [5.74, 6) is -0.332. The van der Waals surface area contributed by atoms with E-state index < -0.39 is 6.10 Å². The molecule has 0 heterocycles. The Morgan fingerprint density at radius 1 is 1.69 bits per heavy atom. The minimum Gasteiger partial charge on any atom is -0.457 e. The fourth-order valence-corrected chi connectivity index (χ4v) is 0.676. The SMILES string of the molecule is C=CCOC[C@H](CO)OC(=O)CC. The molecule has 0 aliphatic heterocycles. The van der Waals surface area contributed by atoms with Gasteiger partial charge in [-0.25, -0.2) is 0 Å². The van der Waals surface area contributed by atoms with Crippen molar-refractivity contribution in [2.24, 2.45) is 0 Å². The normalized spacial score (nSPS) is 12.2. The lowest BCUT2D eigenvalue weighted by Gasteiger charge is -2.14. The summed E-state index contributed by atoms with van der Waals surface area (Å²) in [7, 11) is 0. The fraction of sp³-hybridized carbons (Fsp3) is 0.667. The van der Waals surface area contributed by atoms with Gasteiger partial charge in [0, 0.05) is 6.42 Å². The van der Waals surface area contributed by atoms with E-state index in [0.29, 0.717) is 13.0 Å². The average molecular weight is 188 g/mol. The molecule has 0 rings (SSSR count). The predicted octanol–water partition coefficient (Wildman–Crippen LogP) is 0.503. The summed E-state index contributed by atoms with van der Waals surface area (Å²) in [5.41, 5.74) is 0. The van der Waals surface area contributed by atoms with E-state index in [-0.39, 0.29) is 19.2 Å². The molecule has 0 radical (unpaired) electrons. The molecular weight excluding hydrogens is 172 g/mol. The number of hydrogen-bond acceptors (Lipinski definition) is 4. The van der Waals surface area contributed by atoms with Crippen molar-refractivity contribution in [1.29, 1.82) is 0 Å². The molecule has 4 heteroatoms. The first-order valence-electron chi connectivity index (χ1n) is 4.23. The molecule has 0 aliphatic rings. The summed E-state index contributed by atoms with van der Waals surface area (Å²) in [5, 5.41) is 8.79. The van der Waals surface area contributed by atoms with Gasteiger partial charge in [0.25, 0.3) is 0 Å². The van der Waals surface area contributed by atoms with Crippen LogP contribution in [0.25, 0.3) is 0 Å². The fourth-order valence-electron chi connectivity index (χ4n) is 0.676. The van der Waals surface area contributed by atoms with Crippen LogP contribution in [-0.4, -0.2) is 37.0 Å². The van der Waals surface area contributed by atoms with Crippen molar-refractivity contribution in [3.8, 4) is 0 Å². The molecule has 0 amide bonds. The Morgan fingerprint density at radius 3 is 2.85 bits per heavy atom. The first-order chi connectivity index (χ1) is 6.24. The number of aliphatic hydroxyl groups is 1. The van der Waals surface area contributed by atoms with E-state index in [9.17, 15) is 4.79 Å². The molecule has 0 aromatic rings. The number of rotatable bonds is 7. The van der Waals surface area contributed by atoms with Crippen molar-refractivity contribution >= 4 is 5.97 Å². The van der Waals surface area contributed by atoms with E-state index in [1.54, 1.807) is 13.0 Å². The molecule has 0 aromatic heterocycles. The van der Waals surface area contributed by atoms with Crippen molar-refractivity contribution in [2.75, 3.05) is 19.8 Å². The van der Waals surface area contributed by atoms with Gasteiger partial charge in [-0.05, 0) is 0 Å². The van der Waals surface area contributed by atoms with Crippen LogP contribution >= 0.6 is 0 Å². The quantitative estimate of drug-likeness (QED) is 0.359.